The number of nitrogens with zero attached hydrogens (tertiary/aromatic N) is 1. The summed E-state index contributed by atoms with van der Waals surface area (Å²) in [7, 11) is 1.38. The summed E-state index contributed by atoms with van der Waals surface area (Å²) in [6.07, 6.45) is 0.366. The van der Waals surface area contributed by atoms with Gasteiger partial charge in [0.1, 0.15) is 24.0 Å². The zero-order valence-corrected chi connectivity index (χ0v) is 21.2. The molecule has 1 N–H and O–H groups in total. The fourth-order valence-corrected chi connectivity index (χ4v) is 3.18. The maximum atomic E-state index is 12.9. The average Bonchev–Trinajstić information content (AvgIpc) is 2.82. The molecule has 3 atom stereocenters. The number of carbonyl (C=O) groups excluding carboxylic acids is 3. The number of amides is 1. The van der Waals surface area contributed by atoms with Gasteiger partial charge in [-0.2, -0.15) is 0 Å². The van der Waals surface area contributed by atoms with Gasteiger partial charge in [-0.05, 0) is 31.9 Å². The topological polar surface area (TPSA) is 113 Å². The highest BCUT2D eigenvalue weighted by atomic mass is 16.6. The monoisotopic (exact) mass is 486 g/mol. The summed E-state index contributed by atoms with van der Waals surface area (Å²) in [6, 6.07) is 9.74. The van der Waals surface area contributed by atoms with Crippen LogP contribution < -0.4 is 19.5 Å². The molecule has 1 amide bonds. The fraction of sp³-hybridized carbons (Fsp3) is 0.462. The molecule has 1 heterocycles. The van der Waals surface area contributed by atoms with Crippen LogP contribution in [0.2, 0.25) is 0 Å². The highest BCUT2D eigenvalue weighted by Gasteiger charge is 2.30. The molecule has 1 aromatic heterocycles. The van der Waals surface area contributed by atoms with Crippen LogP contribution in [0.15, 0.2) is 42.6 Å². The van der Waals surface area contributed by atoms with Gasteiger partial charge in [0, 0.05) is 12.3 Å². The van der Waals surface area contributed by atoms with Crippen molar-refractivity contribution in [2.45, 2.75) is 59.8 Å². The van der Waals surface area contributed by atoms with E-state index < -0.39 is 42.0 Å². The third kappa shape index (κ3) is 7.70. The number of methoxy groups -OCH3 is 1. The molecule has 0 spiro atoms. The summed E-state index contributed by atoms with van der Waals surface area (Å²) in [4.78, 5) is 41.8. The number of esters is 2. The van der Waals surface area contributed by atoms with E-state index in [2.05, 4.69) is 10.3 Å². The van der Waals surface area contributed by atoms with Crippen molar-refractivity contribution in [2.75, 3.05) is 7.11 Å². The molecule has 0 unspecified atom stereocenters. The number of hydrogen-bond donors (Lipinski definition) is 1. The van der Waals surface area contributed by atoms with Gasteiger partial charge in [-0.15, -0.1) is 0 Å². The van der Waals surface area contributed by atoms with E-state index in [-0.39, 0.29) is 23.1 Å². The Morgan fingerprint density at radius 1 is 0.914 bits per heavy atom. The molecule has 35 heavy (non-hydrogen) atoms. The fourth-order valence-electron chi connectivity index (χ4n) is 3.18. The van der Waals surface area contributed by atoms with Crippen LogP contribution in [0.3, 0.4) is 0 Å². The van der Waals surface area contributed by atoms with Gasteiger partial charge in [0.05, 0.1) is 13.0 Å². The Morgan fingerprint density at radius 3 is 2.14 bits per heavy atom. The number of aromatic nitrogens is 1. The number of nitrogens with one attached hydrogen (secondary N) is 1. The summed E-state index contributed by atoms with van der Waals surface area (Å²) < 4.78 is 22.2. The number of hydrogen-bond acceptors (Lipinski definition) is 8. The van der Waals surface area contributed by atoms with E-state index in [4.69, 9.17) is 18.9 Å². The molecule has 190 valence electrons. The summed E-state index contributed by atoms with van der Waals surface area (Å²) in [6.45, 7) is 10.5. The highest BCUT2D eigenvalue weighted by molar-refractivity contribution is 5.98. The minimum absolute atomic E-state index is 0.0575. The second-order valence-electron chi connectivity index (χ2n) is 8.74. The first-order valence-electron chi connectivity index (χ1n) is 11.5. The average molecular weight is 487 g/mol. The van der Waals surface area contributed by atoms with Crippen LogP contribution in [0.4, 0.5) is 0 Å². The molecular formula is C26H34N2O7. The van der Waals surface area contributed by atoms with Crippen LogP contribution in [0.25, 0.3) is 0 Å². The number of carbonyl (C=O) groups is 3. The smallest absolute Gasteiger partial charge is 0.328 e. The van der Waals surface area contributed by atoms with Crippen molar-refractivity contribution in [3.63, 3.8) is 0 Å². The Morgan fingerprint density at radius 2 is 1.57 bits per heavy atom. The zero-order valence-electron chi connectivity index (χ0n) is 21.2. The van der Waals surface area contributed by atoms with Gasteiger partial charge in [-0.1, -0.05) is 45.9 Å². The maximum Gasteiger partial charge on any atom is 0.328 e. The Labute approximate surface area is 206 Å². The third-order valence-corrected chi connectivity index (χ3v) is 5.12. The van der Waals surface area contributed by atoms with Crippen molar-refractivity contribution in [3.05, 3.63) is 48.3 Å². The van der Waals surface area contributed by atoms with Gasteiger partial charge >= 0.3 is 11.9 Å². The van der Waals surface area contributed by atoms with Gasteiger partial charge in [-0.25, -0.2) is 9.78 Å². The number of benzene rings is 1. The van der Waals surface area contributed by atoms with Crippen LogP contribution in [-0.4, -0.2) is 48.2 Å². The van der Waals surface area contributed by atoms with E-state index in [0.717, 1.165) is 0 Å². The molecule has 0 radical (unpaired) electrons. The Bertz CT molecular complexity index is 1010. The van der Waals surface area contributed by atoms with Gasteiger partial charge in [0.25, 0.3) is 5.91 Å². The summed E-state index contributed by atoms with van der Waals surface area (Å²) >= 11 is 0. The predicted octanol–water partition coefficient (Wildman–Crippen LogP) is 3.81. The lowest BCUT2D eigenvalue weighted by Gasteiger charge is -2.29. The first kappa shape index (κ1) is 27.6. The first-order chi connectivity index (χ1) is 16.5. The predicted molar refractivity (Wildman–Crippen MR) is 129 cm³/mol. The molecule has 2 rings (SSSR count). The molecule has 0 aliphatic carbocycles. The van der Waals surface area contributed by atoms with Crippen LogP contribution >= 0.6 is 0 Å². The zero-order chi connectivity index (χ0) is 26.1. The molecule has 0 aliphatic heterocycles. The summed E-state index contributed by atoms with van der Waals surface area (Å²) in [5, 5.41) is 2.55. The van der Waals surface area contributed by atoms with Crippen molar-refractivity contribution in [1.82, 2.24) is 10.3 Å². The van der Waals surface area contributed by atoms with Crippen molar-refractivity contribution < 1.29 is 33.3 Å². The number of pyridine rings is 1. The molecule has 0 aliphatic rings. The van der Waals surface area contributed by atoms with Gasteiger partial charge in [0.15, 0.2) is 11.4 Å². The van der Waals surface area contributed by atoms with E-state index in [1.807, 2.05) is 44.2 Å². The Balaban J connectivity index is 2.10. The van der Waals surface area contributed by atoms with Crippen LogP contribution in [0.1, 0.15) is 52.0 Å². The van der Waals surface area contributed by atoms with Crippen molar-refractivity contribution in [1.29, 1.82) is 0 Å². The molecule has 9 heteroatoms. The van der Waals surface area contributed by atoms with E-state index in [0.29, 0.717) is 5.75 Å². The van der Waals surface area contributed by atoms with Crippen molar-refractivity contribution in [3.8, 4) is 17.2 Å². The third-order valence-electron chi connectivity index (χ3n) is 5.12. The molecule has 1 aromatic carbocycles. The molecule has 0 fully saturated rings. The molecule has 9 nitrogen and oxygen atoms in total. The lowest BCUT2D eigenvalue weighted by Crippen LogP contribution is -2.44. The molecule has 2 aromatic rings. The van der Waals surface area contributed by atoms with Gasteiger partial charge in [-0.3, -0.25) is 9.59 Å². The van der Waals surface area contributed by atoms with Crippen molar-refractivity contribution >= 4 is 17.8 Å². The SMILES string of the molecule is COc1ccnc(C(=O)N[C@@H](C)C(=O)O[C@@H](C)[C@H](Oc2ccccc2)C(C)C)c1OC(=O)C(C)C. The van der Waals surface area contributed by atoms with E-state index in [1.165, 1.54) is 26.3 Å². The highest BCUT2D eigenvalue weighted by Crippen LogP contribution is 2.30. The minimum atomic E-state index is -1.00. The largest absolute Gasteiger partial charge is 0.493 e. The number of ether oxygens (including phenoxy) is 4. The van der Waals surface area contributed by atoms with E-state index in [1.54, 1.807) is 20.8 Å². The summed E-state index contributed by atoms with van der Waals surface area (Å²) in [5.74, 6) is -1.56. The number of rotatable bonds is 11. The van der Waals surface area contributed by atoms with Gasteiger partial charge < -0.3 is 24.3 Å². The van der Waals surface area contributed by atoms with Crippen LogP contribution in [0.5, 0.6) is 17.2 Å². The molecule has 0 saturated carbocycles. The summed E-state index contributed by atoms with van der Waals surface area (Å²) in [5.41, 5.74) is -0.182. The van der Waals surface area contributed by atoms with Crippen LogP contribution in [-0.2, 0) is 14.3 Å². The molecular weight excluding hydrogens is 452 g/mol. The maximum absolute atomic E-state index is 12.9. The molecule has 0 saturated heterocycles. The van der Waals surface area contributed by atoms with Crippen molar-refractivity contribution in [2.24, 2.45) is 11.8 Å². The Kier molecular flexibility index (Phi) is 10.1. The second kappa shape index (κ2) is 12.7. The first-order valence-corrected chi connectivity index (χ1v) is 11.5. The van der Waals surface area contributed by atoms with Gasteiger partial charge in [0.2, 0.25) is 5.75 Å². The van der Waals surface area contributed by atoms with E-state index >= 15 is 0 Å². The lowest BCUT2D eigenvalue weighted by atomic mass is 10.0. The molecule has 0 bridgehead atoms. The second-order valence-corrected chi connectivity index (χ2v) is 8.74. The number of para-hydroxylation sites is 1. The van der Waals surface area contributed by atoms with E-state index in [9.17, 15) is 14.4 Å². The quantitative estimate of drug-likeness (QED) is 0.477. The normalized spacial score (nSPS) is 13.5. The standard InChI is InChI=1S/C26H34N2O7/c1-15(2)22(34-19-11-9-8-10-12-19)18(6)33-26(31)17(5)28-24(29)21-23(35-25(30)16(3)4)20(32-7)13-14-27-21/h8-18,22H,1-7H3,(H,28,29)/t17-,18-,22+/m0/s1. The van der Waals surface area contributed by atoms with Crippen LogP contribution in [0, 0.1) is 11.8 Å². The minimum Gasteiger partial charge on any atom is -0.493 e. The Hall–Kier alpha value is -3.62. The lowest BCUT2D eigenvalue weighted by molar-refractivity contribution is -0.155.